The van der Waals surface area contributed by atoms with Crippen LogP contribution in [-0.2, 0) is 11.3 Å². The lowest BCUT2D eigenvalue weighted by atomic mass is 9.99. The highest BCUT2D eigenvalue weighted by Crippen LogP contribution is 2.33. The van der Waals surface area contributed by atoms with Gasteiger partial charge >= 0.3 is 0 Å². The Bertz CT molecular complexity index is 1240. The number of hydrogen-bond donors (Lipinski definition) is 1. The highest BCUT2D eigenvalue weighted by atomic mass is 32.2. The van der Waals surface area contributed by atoms with Gasteiger partial charge in [0, 0.05) is 19.5 Å². The summed E-state index contributed by atoms with van der Waals surface area (Å²) in [5.74, 6) is -1.01. The van der Waals surface area contributed by atoms with Gasteiger partial charge in [-0.25, -0.2) is 0 Å². The van der Waals surface area contributed by atoms with Crippen molar-refractivity contribution in [2.24, 2.45) is 0 Å². The van der Waals surface area contributed by atoms with E-state index in [9.17, 15) is 24.8 Å². The lowest BCUT2D eigenvalue weighted by Crippen LogP contribution is -2.29. The summed E-state index contributed by atoms with van der Waals surface area (Å²) in [5, 5.41) is 20.0. The number of thioether (sulfide) groups is 1. The molecule has 0 atom stereocenters. The molecule has 3 rings (SSSR count). The van der Waals surface area contributed by atoms with Gasteiger partial charge in [0.1, 0.15) is 16.0 Å². The lowest BCUT2D eigenvalue weighted by Gasteiger charge is -2.16. The van der Waals surface area contributed by atoms with E-state index >= 15 is 0 Å². The fraction of sp³-hybridized carbons (Fsp3) is 0.292. The van der Waals surface area contributed by atoms with Crippen molar-refractivity contribution in [1.29, 1.82) is 5.26 Å². The number of thiocarbonyl (C=S) groups is 1. The maximum atomic E-state index is 12.9. The molecule has 1 fully saturated rings. The van der Waals surface area contributed by atoms with Gasteiger partial charge in [-0.15, -0.1) is 0 Å². The van der Waals surface area contributed by atoms with Gasteiger partial charge in [-0.05, 0) is 37.0 Å². The number of rotatable bonds is 8. The van der Waals surface area contributed by atoms with Gasteiger partial charge in [0.05, 0.1) is 10.5 Å². The predicted octanol–water partition coefficient (Wildman–Crippen LogP) is 4.01. The van der Waals surface area contributed by atoms with E-state index in [2.05, 4.69) is 0 Å². The summed E-state index contributed by atoms with van der Waals surface area (Å²) in [4.78, 5) is 40.1. The van der Waals surface area contributed by atoms with E-state index in [4.69, 9.17) is 12.2 Å². The third kappa shape index (κ3) is 5.07. The van der Waals surface area contributed by atoms with Crippen LogP contribution in [0.2, 0.25) is 0 Å². The minimum Gasteiger partial charge on any atom is -0.494 e. The Morgan fingerprint density at radius 1 is 1.24 bits per heavy atom. The quantitative estimate of drug-likeness (QED) is 0.345. The molecule has 9 heteroatoms. The molecule has 0 bridgehead atoms. The van der Waals surface area contributed by atoms with E-state index in [1.54, 1.807) is 6.08 Å². The van der Waals surface area contributed by atoms with Crippen molar-refractivity contribution in [3.63, 3.8) is 0 Å². The summed E-state index contributed by atoms with van der Waals surface area (Å²) < 4.78 is 1.49. The Kier molecular flexibility index (Phi) is 7.84. The highest BCUT2D eigenvalue weighted by Gasteiger charge is 2.32. The molecule has 0 spiro atoms. The van der Waals surface area contributed by atoms with Gasteiger partial charge in [-0.3, -0.25) is 23.9 Å². The van der Waals surface area contributed by atoms with Crippen molar-refractivity contribution in [2.45, 2.75) is 39.7 Å². The third-order valence-electron chi connectivity index (χ3n) is 5.28. The summed E-state index contributed by atoms with van der Waals surface area (Å²) >= 11 is 6.57. The number of aromatic hydroxyl groups is 1. The Balaban J connectivity index is 1.73. The van der Waals surface area contributed by atoms with Crippen LogP contribution in [0.5, 0.6) is 5.88 Å². The van der Waals surface area contributed by atoms with Gasteiger partial charge in [-0.1, -0.05) is 61.2 Å². The smallest absolute Gasteiger partial charge is 0.271 e. The molecular weight excluding hydrogens is 458 g/mol. The maximum absolute atomic E-state index is 12.9. The number of nitrogens with zero attached hydrogens (tertiary/aromatic N) is 3. The Labute approximate surface area is 201 Å². The Hall–Kier alpha value is -3.22. The number of pyridine rings is 1. The minimum absolute atomic E-state index is 0.0195. The molecule has 2 aromatic rings. The number of Topliss-reactive ketones (excluding diaryl/α,β-unsaturated/α-hetero) is 1. The molecular formula is C24H23N3O4S2. The average Bonchev–Trinajstić information content (AvgIpc) is 3.05. The standard InChI is InChI=1S/C24H23N3O4S2/c1-3-11-26-21(29)17(14-25)15(2)20(23(26)31)18(28)10-7-12-27-22(30)19(33-24(27)32)13-16-8-5-4-6-9-16/h4-6,8-9,13,31H,3,7,10-12H2,1-2H3/b19-13-. The van der Waals surface area contributed by atoms with Crippen molar-refractivity contribution >= 4 is 46.1 Å². The first-order chi connectivity index (χ1) is 15.8. The summed E-state index contributed by atoms with van der Waals surface area (Å²) in [6.07, 6.45) is 2.68. The highest BCUT2D eigenvalue weighted by molar-refractivity contribution is 8.26. The number of nitriles is 1. The van der Waals surface area contributed by atoms with Crippen LogP contribution in [0.3, 0.4) is 0 Å². The van der Waals surface area contributed by atoms with Crippen LogP contribution in [0.1, 0.15) is 53.2 Å². The topological polar surface area (TPSA) is 103 Å². The minimum atomic E-state index is -0.603. The molecule has 0 saturated carbocycles. The van der Waals surface area contributed by atoms with Crippen LogP contribution < -0.4 is 5.56 Å². The lowest BCUT2D eigenvalue weighted by molar-refractivity contribution is -0.122. The van der Waals surface area contributed by atoms with Gasteiger partial charge in [0.2, 0.25) is 5.88 Å². The van der Waals surface area contributed by atoms with Gasteiger partial charge < -0.3 is 5.11 Å². The zero-order valence-electron chi connectivity index (χ0n) is 18.3. The number of carbonyl (C=O) groups is 2. The van der Waals surface area contributed by atoms with Crippen LogP contribution in [0.4, 0.5) is 0 Å². The summed E-state index contributed by atoms with van der Waals surface area (Å²) in [7, 11) is 0. The van der Waals surface area contributed by atoms with Crippen LogP contribution in [0, 0.1) is 18.3 Å². The van der Waals surface area contributed by atoms with E-state index in [1.807, 2.05) is 43.3 Å². The van der Waals surface area contributed by atoms with Crippen molar-refractivity contribution in [2.75, 3.05) is 6.54 Å². The van der Waals surface area contributed by atoms with E-state index in [-0.39, 0.29) is 42.1 Å². The molecule has 1 N–H and O–H groups in total. The fourth-order valence-electron chi connectivity index (χ4n) is 3.63. The number of ketones is 1. The monoisotopic (exact) mass is 481 g/mol. The molecule has 0 unspecified atom stereocenters. The third-order valence-corrected chi connectivity index (χ3v) is 6.66. The molecule has 1 aliphatic rings. The van der Waals surface area contributed by atoms with Crippen molar-refractivity contribution in [1.82, 2.24) is 9.47 Å². The molecule has 1 aromatic heterocycles. The molecule has 7 nitrogen and oxygen atoms in total. The second-order valence-corrected chi connectivity index (χ2v) is 9.21. The van der Waals surface area contributed by atoms with E-state index in [1.165, 1.54) is 23.6 Å². The molecule has 1 amide bonds. The number of benzene rings is 1. The van der Waals surface area contributed by atoms with Gasteiger partial charge in [0.25, 0.3) is 11.5 Å². The van der Waals surface area contributed by atoms with E-state index in [0.717, 1.165) is 10.1 Å². The first-order valence-corrected chi connectivity index (χ1v) is 11.7. The first kappa shape index (κ1) is 24.4. The van der Waals surface area contributed by atoms with Crippen LogP contribution >= 0.6 is 24.0 Å². The molecule has 1 aromatic carbocycles. The number of amides is 1. The molecule has 0 radical (unpaired) electrons. The summed E-state index contributed by atoms with van der Waals surface area (Å²) in [6.45, 7) is 3.76. The summed E-state index contributed by atoms with van der Waals surface area (Å²) in [5.41, 5.74) is 0.304. The molecule has 1 saturated heterocycles. The van der Waals surface area contributed by atoms with E-state index < -0.39 is 17.2 Å². The number of hydrogen-bond acceptors (Lipinski definition) is 7. The van der Waals surface area contributed by atoms with Crippen LogP contribution in [0.15, 0.2) is 40.0 Å². The predicted molar refractivity (Wildman–Crippen MR) is 132 cm³/mol. The Morgan fingerprint density at radius 3 is 2.58 bits per heavy atom. The van der Waals surface area contributed by atoms with Gasteiger partial charge in [-0.2, -0.15) is 5.26 Å². The molecule has 170 valence electrons. The van der Waals surface area contributed by atoms with Crippen LogP contribution in [0.25, 0.3) is 6.08 Å². The van der Waals surface area contributed by atoms with Crippen molar-refractivity contribution < 1.29 is 14.7 Å². The maximum Gasteiger partial charge on any atom is 0.271 e. The summed E-state index contributed by atoms with van der Waals surface area (Å²) in [6, 6.07) is 11.3. The zero-order valence-corrected chi connectivity index (χ0v) is 20.0. The molecule has 0 aliphatic carbocycles. The second kappa shape index (κ2) is 10.6. The number of carbonyl (C=O) groups excluding carboxylic acids is 2. The molecule has 33 heavy (non-hydrogen) atoms. The van der Waals surface area contributed by atoms with Crippen molar-refractivity contribution in [3.05, 3.63) is 67.8 Å². The zero-order chi connectivity index (χ0) is 24.1. The SMILES string of the molecule is CCCn1c(O)c(C(=O)CCCN2C(=O)/C(=C/c3ccccc3)SC2=S)c(C)c(C#N)c1=O. The van der Waals surface area contributed by atoms with Crippen molar-refractivity contribution in [3.8, 4) is 11.9 Å². The van der Waals surface area contributed by atoms with E-state index in [0.29, 0.717) is 22.1 Å². The fourth-order valence-corrected chi connectivity index (χ4v) is 4.94. The molecule has 2 heterocycles. The first-order valence-electron chi connectivity index (χ1n) is 10.5. The Morgan fingerprint density at radius 2 is 1.94 bits per heavy atom. The second-order valence-electron chi connectivity index (χ2n) is 7.54. The average molecular weight is 482 g/mol. The largest absolute Gasteiger partial charge is 0.494 e. The van der Waals surface area contributed by atoms with Crippen LogP contribution in [-0.4, -0.2) is 37.1 Å². The normalized spacial score (nSPS) is 14.7. The van der Waals surface area contributed by atoms with Gasteiger partial charge in [0.15, 0.2) is 5.78 Å². The molecule has 1 aliphatic heterocycles. The number of aromatic nitrogens is 1.